The normalized spacial score (nSPS) is 13.8. The molecule has 0 rings (SSSR count). The molecule has 0 amide bonds. The van der Waals surface area contributed by atoms with Crippen molar-refractivity contribution in [3.63, 3.8) is 0 Å². The van der Waals surface area contributed by atoms with E-state index in [0.29, 0.717) is 5.16 Å². The molecule has 0 saturated heterocycles. The van der Waals surface area contributed by atoms with Crippen molar-refractivity contribution in [1.29, 1.82) is 0 Å². The van der Waals surface area contributed by atoms with E-state index in [1.54, 1.807) is 30.0 Å². The van der Waals surface area contributed by atoms with E-state index in [9.17, 15) is 0 Å². The second kappa shape index (κ2) is 4.56. The molecular formula is C7H13Cl3N2. The number of likely N-dealkylation sites (N-methyl/N-ethyl adjacent to an activating group) is 1. The molecule has 0 aromatic heterocycles. The van der Waals surface area contributed by atoms with Gasteiger partial charge in [-0.25, -0.2) is 0 Å². The van der Waals surface area contributed by atoms with Gasteiger partial charge >= 0.3 is 0 Å². The zero-order chi connectivity index (χ0) is 9.94. The Morgan fingerprint density at radius 2 is 1.58 bits per heavy atom. The highest BCUT2D eigenvalue weighted by Crippen LogP contribution is 2.27. The van der Waals surface area contributed by atoms with Crippen molar-refractivity contribution in [1.82, 2.24) is 9.80 Å². The molecule has 0 N–H and O–H groups in total. The fourth-order valence-electron chi connectivity index (χ4n) is 0.401. The van der Waals surface area contributed by atoms with Gasteiger partial charge in [-0.2, -0.15) is 0 Å². The number of hydrogen-bond acceptors (Lipinski definition) is 2. The monoisotopic (exact) mass is 230 g/mol. The average Bonchev–Trinajstić information content (AvgIpc) is 1.85. The van der Waals surface area contributed by atoms with Gasteiger partial charge in [0.1, 0.15) is 5.16 Å². The largest absolute Gasteiger partial charge is 0.369 e. The molecule has 0 aromatic rings. The highest BCUT2D eigenvalue weighted by Gasteiger charge is 2.24. The van der Waals surface area contributed by atoms with Crippen LogP contribution in [0.3, 0.4) is 0 Å². The molecule has 0 radical (unpaired) electrons. The Hall–Kier alpha value is 0.370. The van der Waals surface area contributed by atoms with Crippen molar-refractivity contribution in [3.8, 4) is 0 Å². The van der Waals surface area contributed by atoms with Crippen LogP contribution >= 0.6 is 34.8 Å². The minimum Gasteiger partial charge on any atom is -0.369 e. The lowest BCUT2D eigenvalue weighted by Crippen LogP contribution is -2.31. The van der Waals surface area contributed by atoms with Crippen molar-refractivity contribution >= 4 is 34.8 Å². The maximum absolute atomic E-state index is 5.91. The van der Waals surface area contributed by atoms with Crippen LogP contribution in [0.5, 0.6) is 0 Å². The molecule has 0 aliphatic heterocycles. The van der Waals surface area contributed by atoms with Crippen molar-refractivity contribution in [3.05, 3.63) is 11.2 Å². The third-order valence-corrected chi connectivity index (χ3v) is 2.66. The summed E-state index contributed by atoms with van der Waals surface area (Å²) in [5, 5.41) is 0.508. The number of rotatable bonds is 3. The van der Waals surface area contributed by atoms with Gasteiger partial charge in [-0.05, 0) is 14.1 Å². The van der Waals surface area contributed by atoms with Gasteiger partial charge in [0.05, 0.1) is 0 Å². The van der Waals surface area contributed by atoms with Crippen molar-refractivity contribution in [2.45, 2.75) is 4.46 Å². The summed E-state index contributed by atoms with van der Waals surface area (Å²) in [6, 6.07) is 0. The van der Waals surface area contributed by atoms with Crippen LogP contribution in [0, 0.1) is 0 Å². The Kier molecular flexibility index (Phi) is 4.70. The number of hydrogen-bond donors (Lipinski definition) is 0. The minimum atomic E-state index is -1.05. The Balaban J connectivity index is 4.50. The zero-order valence-electron chi connectivity index (χ0n) is 7.61. The first-order valence-corrected chi connectivity index (χ1v) is 4.51. The first-order chi connectivity index (χ1) is 5.27. The van der Waals surface area contributed by atoms with E-state index in [-0.39, 0.29) is 0 Å². The average molecular weight is 232 g/mol. The Bertz CT molecular complexity index is 175. The highest BCUT2D eigenvalue weighted by atomic mass is 35.5. The fraction of sp³-hybridized carbons (Fsp3) is 0.714. The van der Waals surface area contributed by atoms with Gasteiger partial charge in [0.25, 0.3) is 0 Å². The van der Waals surface area contributed by atoms with E-state index in [2.05, 4.69) is 0 Å². The van der Waals surface area contributed by atoms with E-state index < -0.39 is 4.46 Å². The highest BCUT2D eigenvalue weighted by molar-refractivity contribution is 6.50. The first kappa shape index (κ1) is 12.4. The number of halogens is 3. The molecule has 0 fully saturated rings. The summed E-state index contributed by atoms with van der Waals surface area (Å²) in [7, 11) is 7.18. The minimum absolute atomic E-state index is 0.508. The third-order valence-electron chi connectivity index (χ3n) is 1.32. The summed E-state index contributed by atoms with van der Waals surface area (Å²) < 4.78 is -1.05. The van der Waals surface area contributed by atoms with E-state index >= 15 is 0 Å². The van der Waals surface area contributed by atoms with Gasteiger partial charge in [-0.3, -0.25) is 4.90 Å². The van der Waals surface area contributed by atoms with Crippen LogP contribution in [0.4, 0.5) is 0 Å². The van der Waals surface area contributed by atoms with Crippen LogP contribution in [0.1, 0.15) is 0 Å². The summed E-state index contributed by atoms with van der Waals surface area (Å²) in [5.74, 6) is 0. The standard InChI is InChI=1S/C7H13Cl3N2/c1-11(2)6(8)5-7(9,10)12(3)4/h5H,1-4H3/b6-5+. The van der Waals surface area contributed by atoms with Crippen LogP contribution in [-0.2, 0) is 0 Å². The van der Waals surface area contributed by atoms with E-state index in [1.807, 2.05) is 14.1 Å². The lowest BCUT2D eigenvalue weighted by Gasteiger charge is -2.25. The predicted molar refractivity (Wildman–Crippen MR) is 55.7 cm³/mol. The fourth-order valence-corrected chi connectivity index (χ4v) is 0.878. The lowest BCUT2D eigenvalue weighted by molar-refractivity contribution is 0.381. The summed E-state index contributed by atoms with van der Waals surface area (Å²) in [6.07, 6.45) is 1.57. The molecule has 72 valence electrons. The van der Waals surface area contributed by atoms with E-state index in [0.717, 1.165) is 0 Å². The summed E-state index contributed by atoms with van der Waals surface area (Å²) >= 11 is 17.7. The maximum atomic E-state index is 5.91. The van der Waals surface area contributed by atoms with Crippen molar-refractivity contribution < 1.29 is 0 Å². The van der Waals surface area contributed by atoms with Gasteiger partial charge in [-0.1, -0.05) is 34.8 Å². The summed E-state index contributed by atoms with van der Waals surface area (Å²) in [4.78, 5) is 3.38. The van der Waals surface area contributed by atoms with Gasteiger partial charge < -0.3 is 4.90 Å². The molecule has 0 spiro atoms. The second-order valence-corrected chi connectivity index (χ2v) is 4.58. The molecule has 0 heterocycles. The SMILES string of the molecule is CN(C)/C(Cl)=C/C(Cl)(Cl)N(C)C. The molecule has 0 saturated carbocycles. The van der Waals surface area contributed by atoms with Crippen molar-refractivity contribution in [2.75, 3.05) is 28.2 Å². The Morgan fingerprint density at radius 1 is 1.17 bits per heavy atom. The second-order valence-electron chi connectivity index (χ2n) is 2.84. The first-order valence-electron chi connectivity index (χ1n) is 3.38. The maximum Gasteiger partial charge on any atom is 0.193 e. The van der Waals surface area contributed by atoms with Crippen LogP contribution in [0.2, 0.25) is 0 Å². The van der Waals surface area contributed by atoms with Gasteiger partial charge in [0, 0.05) is 20.2 Å². The molecule has 0 unspecified atom stereocenters. The van der Waals surface area contributed by atoms with Crippen molar-refractivity contribution in [2.24, 2.45) is 0 Å². The molecule has 0 aliphatic carbocycles. The number of nitrogens with zero attached hydrogens (tertiary/aromatic N) is 2. The van der Waals surface area contributed by atoms with Gasteiger partial charge in [0.15, 0.2) is 4.46 Å². The Morgan fingerprint density at radius 3 is 1.83 bits per heavy atom. The molecular weight excluding hydrogens is 218 g/mol. The third kappa shape index (κ3) is 3.85. The molecule has 5 heteroatoms. The lowest BCUT2D eigenvalue weighted by atomic mass is 10.5. The Labute approximate surface area is 88.7 Å². The molecule has 0 bridgehead atoms. The van der Waals surface area contributed by atoms with Crippen LogP contribution in [0.15, 0.2) is 11.2 Å². The molecule has 0 aliphatic rings. The summed E-state index contributed by atoms with van der Waals surface area (Å²) in [5.41, 5.74) is 0. The van der Waals surface area contributed by atoms with Crippen LogP contribution in [-0.4, -0.2) is 42.4 Å². The quantitative estimate of drug-likeness (QED) is 0.543. The summed E-state index contributed by atoms with van der Waals surface area (Å²) in [6.45, 7) is 0. The van der Waals surface area contributed by atoms with Gasteiger partial charge in [0.2, 0.25) is 0 Å². The van der Waals surface area contributed by atoms with E-state index in [4.69, 9.17) is 34.8 Å². The molecule has 0 aromatic carbocycles. The van der Waals surface area contributed by atoms with E-state index in [1.165, 1.54) is 0 Å². The van der Waals surface area contributed by atoms with Crippen LogP contribution < -0.4 is 0 Å². The van der Waals surface area contributed by atoms with Crippen LogP contribution in [0.25, 0.3) is 0 Å². The predicted octanol–water partition coefficient (Wildman–Crippen LogP) is 2.32. The molecule has 0 atom stereocenters. The topological polar surface area (TPSA) is 6.48 Å². The smallest absolute Gasteiger partial charge is 0.193 e. The van der Waals surface area contributed by atoms with Gasteiger partial charge in [-0.15, -0.1) is 0 Å². The molecule has 2 nitrogen and oxygen atoms in total. The number of alkyl halides is 2. The zero-order valence-corrected chi connectivity index (χ0v) is 9.87. The molecule has 12 heavy (non-hydrogen) atoms.